The van der Waals surface area contributed by atoms with E-state index in [0.717, 1.165) is 34.1 Å². The maximum atomic E-state index is 13.3. The maximum absolute atomic E-state index is 13.3. The topological polar surface area (TPSA) is 58.7 Å². The molecule has 1 aromatic carbocycles. The van der Waals surface area contributed by atoms with Crippen molar-refractivity contribution in [1.29, 1.82) is 0 Å². The summed E-state index contributed by atoms with van der Waals surface area (Å²) in [6.07, 6.45) is 18.7. The van der Waals surface area contributed by atoms with Crippen LogP contribution in [0.15, 0.2) is 139 Å². The van der Waals surface area contributed by atoms with Gasteiger partial charge in [0.25, 0.3) is 0 Å². The van der Waals surface area contributed by atoms with Crippen molar-refractivity contribution >= 4 is 22.8 Å². The van der Waals surface area contributed by atoms with Crippen molar-refractivity contribution < 1.29 is 10.5 Å². The summed E-state index contributed by atoms with van der Waals surface area (Å²) >= 11 is 0. The molecule has 1 atom stereocenters. The van der Waals surface area contributed by atoms with Gasteiger partial charge in [-0.15, -0.1) is 0 Å². The zero-order valence-corrected chi connectivity index (χ0v) is 18.9. The molecule has 8 bridgehead atoms. The first-order valence-electron chi connectivity index (χ1n) is 11.8. The van der Waals surface area contributed by atoms with Gasteiger partial charge in [0.05, 0.1) is 59.7 Å². The number of hydrogen-bond donors (Lipinski definition) is 0. The molecule has 5 heterocycles. The van der Waals surface area contributed by atoms with Crippen molar-refractivity contribution in [3.63, 3.8) is 0 Å². The molecule has 0 aliphatic carbocycles. The SMILES string of the molecule is [2H]C1=C(C(C)OCc2ccc(F)cc2)C2=CC3=NC(=CC4=NC(=CC5=NC(=CC1=N2)C=C5)C=C4)C=C3. The molecular formula is C29H21FN4O. The molecule has 6 heteroatoms. The minimum absolute atomic E-state index is 0.283. The Balaban J connectivity index is 1.38. The fourth-order valence-electron chi connectivity index (χ4n) is 4.04. The Bertz CT molecular complexity index is 1540. The Labute approximate surface area is 204 Å². The Hall–Kier alpha value is -4.29. The van der Waals surface area contributed by atoms with Gasteiger partial charge in [-0.1, -0.05) is 12.1 Å². The molecule has 170 valence electrons. The third kappa shape index (κ3) is 4.69. The summed E-state index contributed by atoms with van der Waals surface area (Å²) in [5.74, 6) is -0.289. The van der Waals surface area contributed by atoms with E-state index in [2.05, 4.69) is 15.0 Å². The lowest BCUT2D eigenvalue weighted by Gasteiger charge is -2.15. The summed E-state index contributed by atoms with van der Waals surface area (Å²) in [5, 5.41) is 0. The van der Waals surface area contributed by atoms with Gasteiger partial charge in [-0.3, -0.25) is 0 Å². The first-order chi connectivity index (χ1) is 17.5. The number of benzene rings is 1. The summed E-state index contributed by atoms with van der Waals surface area (Å²) in [6, 6.07) is 6.49. The van der Waals surface area contributed by atoms with Crippen molar-refractivity contribution in [1.82, 2.24) is 0 Å². The second-order valence-electron chi connectivity index (χ2n) is 8.46. The van der Waals surface area contributed by atoms with E-state index >= 15 is 0 Å². The molecular weight excluding hydrogens is 439 g/mol. The molecule has 35 heavy (non-hydrogen) atoms. The fourth-order valence-corrected chi connectivity index (χ4v) is 4.04. The molecule has 5 aliphatic heterocycles. The zero-order chi connectivity index (χ0) is 24.6. The second-order valence-corrected chi connectivity index (χ2v) is 8.46. The monoisotopic (exact) mass is 461 g/mol. The van der Waals surface area contributed by atoms with Gasteiger partial charge in [-0.05, 0) is 91.4 Å². The van der Waals surface area contributed by atoms with Crippen LogP contribution in [0.2, 0.25) is 0 Å². The molecule has 6 rings (SSSR count). The number of nitrogens with zero attached hydrogens (tertiary/aromatic N) is 4. The van der Waals surface area contributed by atoms with Gasteiger partial charge in [0.15, 0.2) is 0 Å². The molecule has 0 fully saturated rings. The highest BCUT2D eigenvalue weighted by atomic mass is 19.1. The van der Waals surface area contributed by atoms with Crippen LogP contribution < -0.4 is 0 Å². The number of halogens is 1. The average Bonchev–Trinajstić information content (AvgIpc) is 3.64. The maximum Gasteiger partial charge on any atom is 0.123 e. The molecule has 0 aromatic heterocycles. The number of fused-ring (bicyclic) bond motifs is 4. The lowest BCUT2D eigenvalue weighted by atomic mass is 10.1. The molecule has 0 amide bonds. The summed E-state index contributed by atoms with van der Waals surface area (Å²) < 4.78 is 28.2. The number of allylic oxidation sites excluding steroid dienone is 11. The Morgan fingerprint density at radius 1 is 0.743 bits per heavy atom. The van der Waals surface area contributed by atoms with Crippen LogP contribution in [0.4, 0.5) is 4.39 Å². The fraction of sp³-hybridized carbons (Fsp3) is 0.103. The average molecular weight is 462 g/mol. The Kier molecular flexibility index (Phi) is 5.07. The Morgan fingerprint density at radius 2 is 1.29 bits per heavy atom. The smallest absolute Gasteiger partial charge is 0.123 e. The summed E-state index contributed by atoms with van der Waals surface area (Å²) in [4.78, 5) is 18.7. The normalized spacial score (nSPS) is 21.1. The molecule has 1 unspecified atom stereocenters. The van der Waals surface area contributed by atoms with Gasteiger partial charge in [0, 0.05) is 5.57 Å². The molecule has 0 spiro atoms. The van der Waals surface area contributed by atoms with Crippen LogP contribution in [0.5, 0.6) is 0 Å². The summed E-state index contributed by atoms with van der Waals surface area (Å²) in [5.41, 5.74) is 7.32. The predicted molar refractivity (Wildman–Crippen MR) is 138 cm³/mol. The highest BCUT2D eigenvalue weighted by Crippen LogP contribution is 2.28. The summed E-state index contributed by atoms with van der Waals surface area (Å²) in [6.45, 7) is 2.18. The lowest BCUT2D eigenvalue weighted by molar-refractivity contribution is 0.0781. The van der Waals surface area contributed by atoms with E-state index in [1.807, 2.05) is 61.6 Å². The highest BCUT2D eigenvalue weighted by Gasteiger charge is 2.22. The van der Waals surface area contributed by atoms with Crippen molar-refractivity contribution in [3.8, 4) is 0 Å². The molecule has 1 aromatic rings. The van der Waals surface area contributed by atoms with Crippen LogP contribution in [-0.2, 0) is 11.3 Å². The lowest BCUT2D eigenvalue weighted by Crippen LogP contribution is -2.12. The van der Waals surface area contributed by atoms with E-state index in [1.165, 1.54) is 12.1 Å². The van der Waals surface area contributed by atoms with E-state index in [9.17, 15) is 4.39 Å². The third-order valence-corrected chi connectivity index (χ3v) is 5.81. The number of aliphatic imine (C=N–C) groups is 4. The first kappa shape index (κ1) is 20.1. The molecule has 5 nitrogen and oxygen atoms in total. The van der Waals surface area contributed by atoms with E-state index in [4.69, 9.17) is 11.1 Å². The number of hydrogen-bond acceptors (Lipinski definition) is 5. The van der Waals surface area contributed by atoms with Gasteiger partial charge in [-0.2, -0.15) is 0 Å². The standard InChI is InChI=1S/C29H21FN4O/c1-18(35-17-19-2-4-20(30)5-3-19)28-15-27-14-25-9-8-23(32-25)12-21-6-7-22(31-21)13-24-10-11-26(33-24)16-29(28)34-27/h2-16,18H,17H2,1H3/i15D. The molecule has 0 saturated carbocycles. The quantitative estimate of drug-likeness (QED) is 0.568. The van der Waals surface area contributed by atoms with E-state index in [1.54, 1.807) is 18.2 Å². The third-order valence-electron chi connectivity index (χ3n) is 5.81. The van der Waals surface area contributed by atoms with E-state index < -0.39 is 6.10 Å². The van der Waals surface area contributed by atoms with Crippen molar-refractivity contribution in [3.05, 3.63) is 131 Å². The largest absolute Gasteiger partial charge is 0.369 e. The van der Waals surface area contributed by atoms with Gasteiger partial charge >= 0.3 is 0 Å². The van der Waals surface area contributed by atoms with Crippen LogP contribution in [0.1, 0.15) is 13.9 Å². The van der Waals surface area contributed by atoms with Crippen LogP contribution in [0, 0.1) is 5.82 Å². The van der Waals surface area contributed by atoms with Crippen molar-refractivity contribution in [2.45, 2.75) is 19.6 Å². The first-order valence-corrected chi connectivity index (χ1v) is 11.3. The Morgan fingerprint density at radius 3 is 1.89 bits per heavy atom. The minimum Gasteiger partial charge on any atom is -0.369 e. The molecule has 5 aliphatic rings. The van der Waals surface area contributed by atoms with E-state index in [0.29, 0.717) is 22.7 Å². The van der Waals surface area contributed by atoms with Crippen LogP contribution in [-0.4, -0.2) is 29.0 Å². The van der Waals surface area contributed by atoms with Crippen molar-refractivity contribution in [2.75, 3.05) is 0 Å². The van der Waals surface area contributed by atoms with E-state index in [-0.39, 0.29) is 18.5 Å². The molecule has 0 saturated heterocycles. The van der Waals surface area contributed by atoms with Crippen LogP contribution in [0.3, 0.4) is 0 Å². The summed E-state index contributed by atoms with van der Waals surface area (Å²) in [7, 11) is 0. The number of ether oxygens (including phenoxy) is 1. The highest BCUT2D eigenvalue weighted by molar-refractivity contribution is 6.15. The minimum atomic E-state index is -0.422. The van der Waals surface area contributed by atoms with Crippen LogP contribution >= 0.6 is 0 Å². The van der Waals surface area contributed by atoms with Crippen LogP contribution in [0.25, 0.3) is 0 Å². The van der Waals surface area contributed by atoms with Gasteiger partial charge in [0.1, 0.15) is 5.82 Å². The van der Waals surface area contributed by atoms with Gasteiger partial charge in [0.2, 0.25) is 0 Å². The number of rotatable bonds is 4. The van der Waals surface area contributed by atoms with Crippen molar-refractivity contribution in [2.24, 2.45) is 20.0 Å². The predicted octanol–water partition coefficient (Wildman–Crippen LogP) is 5.69. The molecule has 0 N–H and O–H groups in total. The van der Waals surface area contributed by atoms with Gasteiger partial charge < -0.3 is 4.74 Å². The second kappa shape index (κ2) is 8.81. The zero-order valence-electron chi connectivity index (χ0n) is 19.9. The van der Waals surface area contributed by atoms with Gasteiger partial charge in [-0.25, -0.2) is 24.4 Å². The molecule has 0 radical (unpaired) electrons.